The monoisotopic (exact) mass is 505 g/mol. The van der Waals surface area contributed by atoms with Gasteiger partial charge in [0.25, 0.3) is 10.0 Å². The molecule has 3 nitrogen and oxygen atoms in total. The first-order valence-electron chi connectivity index (χ1n) is 5.75. The fourth-order valence-electron chi connectivity index (χ4n) is 1.60. The minimum Gasteiger partial charge on any atom is -0.278 e. The number of hydrogen-bond donors (Lipinski definition) is 1. The summed E-state index contributed by atoms with van der Waals surface area (Å²) in [7, 11) is -3.97. The normalized spacial score (nSPS) is 12.2. The SMILES string of the molecule is O=S(=O)(Nc1cc(C(F)(F)F)ccc1Br)c1ccc(I)cc1. The van der Waals surface area contributed by atoms with Gasteiger partial charge in [0.1, 0.15) is 0 Å². The van der Waals surface area contributed by atoms with Crippen LogP contribution in [0.25, 0.3) is 0 Å². The van der Waals surface area contributed by atoms with E-state index in [2.05, 4.69) is 20.7 Å². The van der Waals surface area contributed by atoms with Gasteiger partial charge in [0, 0.05) is 8.04 Å². The first-order valence-corrected chi connectivity index (χ1v) is 9.10. The minimum absolute atomic E-state index is 0.0303. The molecule has 9 heteroatoms. The van der Waals surface area contributed by atoms with Crippen LogP contribution in [0.5, 0.6) is 0 Å². The van der Waals surface area contributed by atoms with Crippen LogP contribution in [0.3, 0.4) is 0 Å². The van der Waals surface area contributed by atoms with Crippen molar-refractivity contribution in [2.75, 3.05) is 4.72 Å². The Kier molecular flexibility index (Phi) is 5.07. The smallest absolute Gasteiger partial charge is 0.278 e. The molecule has 0 aliphatic rings. The maximum atomic E-state index is 12.7. The second-order valence-corrected chi connectivity index (χ2v) is 8.03. The first kappa shape index (κ1) is 17.5. The molecular formula is C13H8BrF3INO2S. The van der Waals surface area contributed by atoms with Crippen LogP contribution in [0.1, 0.15) is 5.56 Å². The van der Waals surface area contributed by atoms with Crippen molar-refractivity contribution in [3.8, 4) is 0 Å². The Bertz CT molecular complexity index is 792. The number of anilines is 1. The van der Waals surface area contributed by atoms with Crippen molar-refractivity contribution in [1.82, 2.24) is 0 Å². The van der Waals surface area contributed by atoms with Gasteiger partial charge in [-0.3, -0.25) is 4.72 Å². The number of benzene rings is 2. The Morgan fingerprint density at radius 2 is 1.64 bits per heavy atom. The van der Waals surface area contributed by atoms with Crippen LogP contribution in [0.15, 0.2) is 51.8 Å². The Labute approximate surface area is 147 Å². The predicted octanol–water partition coefficient (Wildman–Crippen LogP) is 4.87. The molecule has 2 aromatic rings. The summed E-state index contributed by atoms with van der Waals surface area (Å²) >= 11 is 5.06. The Balaban J connectivity index is 2.39. The van der Waals surface area contributed by atoms with Gasteiger partial charge in [0.05, 0.1) is 16.1 Å². The lowest BCUT2D eigenvalue weighted by atomic mass is 10.2. The van der Waals surface area contributed by atoms with E-state index < -0.39 is 21.8 Å². The maximum Gasteiger partial charge on any atom is 0.416 e. The van der Waals surface area contributed by atoms with Crippen molar-refractivity contribution >= 4 is 54.2 Å². The number of nitrogens with one attached hydrogen (secondary N) is 1. The molecule has 0 amide bonds. The van der Waals surface area contributed by atoms with Gasteiger partial charge in [-0.05, 0) is 81.0 Å². The molecule has 2 aromatic carbocycles. The zero-order valence-corrected chi connectivity index (χ0v) is 15.2. The van der Waals surface area contributed by atoms with E-state index in [1.54, 1.807) is 12.1 Å². The van der Waals surface area contributed by atoms with Gasteiger partial charge in [-0.2, -0.15) is 13.2 Å². The molecule has 118 valence electrons. The number of hydrogen-bond acceptors (Lipinski definition) is 2. The van der Waals surface area contributed by atoms with Crippen LogP contribution in [-0.2, 0) is 16.2 Å². The van der Waals surface area contributed by atoms with Gasteiger partial charge < -0.3 is 0 Å². The van der Waals surface area contributed by atoms with Crippen LogP contribution in [0.2, 0.25) is 0 Å². The summed E-state index contributed by atoms with van der Waals surface area (Å²) in [5.74, 6) is 0. The second kappa shape index (κ2) is 6.36. The average Bonchev–Trinajstić information content (AvgIpc) is 2.40. The molecule has 0 aliphatic heterocycles. The van der Waals surface area contributed by atoms with Crippen LogP contribution in [0, 0.1) is 3.57 Å². The van der Waals surface area contributed by atoms with E-state index in [9.17, 15) is 21.6 Å². The summed E-state index contributed by atoms with van der Waals surface area (Å²) in [6.07, 6.45) is -4.55. The molecule has 2 rings (SSSR count). The summed E-state index contributed by atoms with van der Waals surface area (Å²) in [5, 5.41) is 0. The molecular weight excluding hydrogens is 498 g/mol. The predicted molar refractivity (Wildman–Crippen MR) is 89.1 cm³/mol. The van der Waals surface area contributed by atoms with Gasteiger partial charge in [0.2, 0.25) is 0 Å². The van der Waals surface area contributed by atoms with Crippen molar-refractivity contribution in [2.45, 2.75) is 11.1 Å². The molecule has 0 fully saturated rings. The zero-order chi connectivity index (χ0) is 16.5. The molecule has 0 saturated heterocycles. The van der Waals surface area contributed by atoms with E-state index in [4.69, 9.17) is 0 Å². The second-order valence-electron chi connectivity index (χ2n) is 4.25. The van der Waals surface area contributed by atoms with E-state index in [0.29, 0.717) is 0 Å². The van der Waals surface area contributed by atoms with Crippen LogP contribution < -0.4 is 4.72 Å². The molecule has 0 spiro atoms. The summed E-state index contributed by atoms with van der Waals surface area (Å²) in [6, 6.07) is 8.71. The largest absolute Gasteiger partial charge is 0.416 e. The number of sulfonamides is 1. The Morgan fingerprint density at radius 1 is 1.05 bits per heavy atom. The van der Waals surface area contributed by atoms with Gasteiger partial charge in [0.15, 0.2) is 0 Å². The van der Waals surface area contributed by atoms with Crippen LogP contribution in [-0.4, -0.2) is 8.42 Å². The number of halogens is 5. The summed E-state index contributed by atoms with van der Waals surface area (Å²) in [5.41, 5.74) is -1.11. The highest BCUT2D eigenvalue weighted by Crippen LogP contribution is 2.34. The number of rotatable bonds is 3. The molecule has 0 aromatic heterocycles. The molecule has 0 bridgehead atoms. The van der Waals surface area contributed by atoms with E-state index in [1.807, 2.05) is 22.6 Å². The first-order chi connectivity index (χ1) is 10.1. The summed E-state index contributed by atoms with van der Waals surface area (Å²) in [6.45, 7) is 0. The zero-order valence-electron chi connectivity index (χ0n) is 10.7. The van der Waals surface area contributed by atoms with Crippen molar-refractivity contribution in [2.24, 2.45) is 0 Å². The average molecular weight is 506 g/mol. The molecule has 1 N–H and O–H groups in total. The van der Waals surface area contributed by atoms with Crippen molar-refractivity contribution < 1.29 is 21.6 Å². The van der Waals surface area contributed by atoms with Crippen LogP contribution >= 0.6 is 38.5 Å². The Hall–Kier alpha value is -0.810. The molecule has 0 aliphatic carbocycles. The molecule has 0 radical (unpaired) electrons. The van der Waals surface area contributed by atoms with E-state index in [0.717, 1.165) is 21.8 Å². The van der Waals surface area contributed by atoms with Gasteiger partial charge in [-0.25, -0.2) is 8.42 Å². The topological polar surface area (TPSA) is 46.2 Å². The third-order valence-corrected chi connectivity index (χ3v) is 5.45. The lowest BCUT2D eigenvalue weighted by Gasteiger charge is -2.13. The van der Waals surface area contributed by atoms with E-state index >= 15 is 0 Å². The minimum atomic E-state index is -4.55. The summed E-state index contributed by atoms with van der Waals surface area (Å²) in [4.78, 5) is -0.0303. The molecule has 0 heterocycles. The molecule has 0 unspecified atom stereocenters. The quantitative estimate of drug-likeness (QED) is 0.605. The third-order valence-electron chi connectivity index (χ3n) is 2.66. The fourth-order valence-corrected chi connectivity index (χ4v) is 3.50. The Morgan fingerprint density at radius 3 is 2.18 bits per heavy atom. The van der Waals surface area contributed by atoms with Gasteiger partial charge in [-0.15, -0.1) is 0 Å². The van der Waals surface area contributed by atoms with E-state index in [1.165, 1.54) is 12.1 Å². The maximum absolute atomic E-state index is 12.7. The standard InChI is InChI=1S/C13H8BrF3INO2S/c14-11-6-1-8(13(15,16)17)7-12(11)19-22(20,21)10-4-2-9(18)3-5-10/h1-7,19H. The fraction of sp³-hybridized carbons (Fsp3) is 0.0769. The lowest BCUT2D eigenvalue weighted by molar-refractivity contribution is -0.137. The highest BCUT2D eigenvalue weighted by Gasteiger charge is 2.31. The van der Waals surface area contributed by atoms with E-state index in [-0.39, 0.29) is 15.1 Å². The molecule has 0 saturated carbocycles. The third kappa shape index (κ3) is 4.13. The highest BCUT2D eigenvalue weighted by molar-refractivity contribution is 14.1. The van der Waals surface area contributed by atoms with Crippen molar-refractivity contribution in [3.05, 3.63) is 56.1 Å². The van der Waals surface area contributed by atoms with Gasteiger partial charge in [-0.1, -0.05) is 0 Å². The van der Waals surface area contributed by atoms with Crippen molar-refractivity contribution in [3.63, 3.8) is 0 Å². The molecule has 22 heavy (non-hydrogen) atoms. The molecule has 0 atom stereocenters. The highest BCUT2D eigenvalue weighted by atomic mass is 127. The van der Waals surface area contributed by atoms with Crippen LogP contribution in [0.4, 0.5) is 18.9 Å². The number of alkyl halides is 3. The summed E-state index contributed by atoms with van der Waals surface area (Å²) < 4.78 is 65.8. The van der Waals surface area contributed by atoms with Gasteiger partial charge >= 0.3 is 6.18 Å². The van der Waals surface area contributed by atoms with Crippen molar-refractivity contribution in [1.29, 1.82) is 0 Å². The lowest BCUT2D eigenvalue weighted by Crippen LogP contribution is -2.14.